The number of benzene rings is 3. The highest BCUT2D eigenvalue weighted by Crippen LogP contribution is 2.31. The number of rotatable bonds is 10. The highest BCUT2D eigenvalue weighted by atomic mass is 32.2. The number of ether oxygens (including phenoxy) is 1. The number of carbonyl (C=O) groups excluding carboxylic acids is 2. The molecule has 1 aliphatic heterocycles. The smallest absolute Gasteiger partial charge is 0.411 e. The highest BCUT2D eigenvalue weighted by Gasteiger charge is 2.30. The summed E-state index contributed by atoms with van der Waals surface area (Å²) < 4.78 is 33.6. The van der Waals surface area contributed by atoms with Gasteiger partial charge < -0.3 is 10.1 Å². The van der Waals surface area contributed by atoms with Gasteiger partial charge in [0.25, 0.3) is 21.6 Å². The van der Waals surface area contributed by atoms with E-state index in [0.29, 0.717) is 25.3 Å². The summed E-state index contributed by atoms with van der Waals surface area (Å²) in [6.07, 6.45) is 3.93. The Kier molecular flexibility index (Phi) is 10.3. The van der Waals surface area contributed by atoms with Crippen molar-refractivity contribution < 1.29 is 27.7 Å². The standard InChI is InChI=1S/C31H34N4O7S2/c1-31(2,3)42-30(37)34-19-8-7-11-27(34)22-12-14-23(15-13-22)29(36)33-44(40,41)25-16-17-26(28(21-25)35(38)39)32-18-20-43-24-9-5-4-6-10-24/h4-10,12-17,21,27,32H,11,18-20H2,1-3H3,(H,33,36). The largest absolute Gasteiger partial charge is 0.444 e. The Hall–Kier alpha value is -4.36. The maximum absolute atomic E-state index is 13.0. The molecule has 0 aromatic heterocycles. The first-order valence-electron chi connectivity index (χ1n) is 13.9. The minimum Gasteiger partial charge on any atom is -0.444 e. The third-order valence-electron chi connectivity index (χ3n) is 6.52. The minimum absolute atomic E-state index is 0.0659. The van der Waals surface area contributed by atoms with E-state index in [0.717, 1.165) is 16.5 Å². The lowest BCUT2D eigenvalue weighted by molar-refractivity contribution is -0.384. The van der Waals surface area contributed by atoms with Crippen molar-refractivity contribution in [3.05, 3.63) is 106 Å². The molecule has 4 rings (SSSR count). The molecule has 3 aromatic rings. The zero-order valence-electron chi connectivity index (χ0n) is 24.6. The van der Waals surface area contributed by atoms with E-state index in [-0.39, 0.29) is 17.3 Å². The third-order valence-corrected chi connectivity index (χ3v) is 8.87. The molecular weight excluding hydrogens is 604 g/mol. The molecule has 11 nitrogen and oxygen atoms in total. The predicted molar refractivity (Wildman–Crippen MR) is 169 cm³/mol. The molecule has 0 saturated heterocycles. The van der Waals surface area contributed by atoms with Crippen LogP contribution in [0.1, 0.15) is 49.2 Å². The molecule has 1 atom stereocenters. The molecule has 0 spiro atoms. The Morgan fingerprint density at radius 2 is 1.75 bits per heavy atom. The van der Waals surface area contributed by atoms with Gasteiger partial charge in [-0.1, -0.05) is 42.5 Å². The van der Waals surface area contributed by atoms with E-state index in [1.807, 2.05) is 47.2 Å². The normalized spacial score (nSPS) is 15.0. The van der Waals surface area contributed by atoms with Gasteiger partial charge in [-0.05, 0) is 69.2 Å². The first-order chi connectivity index (χ1) is 20.8. The topological polar surface area (TPSA) is 148 Å². The van der Waals surface area contributed by atoms with E-state index >= 15 is 0 Å². The lowest BCUT2D eigenvalue weighted by atomic mass is 9.98. The number of amides is 2. The van der Waals surface area contributed by atoms with Crippen LogP contribution in [0.25, 0.3) is 0 Å². The number of hydrogen-bond donors (Lipinski definition) is 2. The molecular formula is C31H34N4O7S2. The van der Waals surface area contributed by atoms with Gasteiger partial charge in [-0.25, -0.2) is 17.9 Å². The van der Waals surface area contributed by atoms with Crippen LogP contribution >= 0.6 is 11.8 Å². The zero-order chi connectivity index (χ0) is 31.9. The summed E-state index contributed by atoms with van der Waals surface area (Å²) in [5.74, 6) is -0.265. The van der Waals surface area contributed by atoms with Crippen molar-refractivity contribution in [1.82, 2.24) is 9.62 Å². The molecule has 0 bridgehead atoms. The van der Waals surface area contributed by atoms with Crippen molar-refractivity contribution >= 4 is 45.2 Å². The number of nitro groups is 1. The van der Waals surface area contributed by atoms with Crippen molar-refractivity contribution in [3.63, 3.8) is 0 Å². The van der Waals surface area contributed by atoms with E-state index in [4.69, 9.17) is 4.74 Å². The molecule has 2 amide bonds. The molecule has 44 heavy (non-hydrogen) atoms. The first-order valence-corrected chi connectivity index (χ1v) is 16.3. The maximum Gasteiger partial charge on any atom is 0.411 e. The van der Waals surface area contributed by atoms with Crippen molar-refractivity contribution in [3.8, 4) is 0 Å². The van der Waals surface area contributed by atoms with E-state index in [2.05, 4.69) is 5.32 Å². The number of thioether (sulfide) groups is 1. The van der Waals surface area contributed by atoms with Gasteiger partial charge in [-0.2, -0.15) is 0 Å². The lowest BCUT2D eigenvalue weighted by Gasteiger charge is -2.34. The van der Waals surface area contributed by atoms with Crippen LogP contribution in [0.4, 0.5) is 16.2 Å². The Labute approximate surface area is 260 Å². The molecule has 1 aliphatic rings. The van der Waals surface area contributed by atoms with Crippen molar-refractivity contribution in [1.29, 1.82) is 0 Å². The van der Waals surface area contributed by atoms with Gasteiger partial charge in [0.1, 0.15) is 11.3 Å². The van der Waals surface area contributed by atoms with Gasteiger partial charge in [0.05, 0.1) is 15.9 Å². The van der Waals surface area contributed by atoms with Gasteiger partial charge in [0, 0.05) is 35.4 Å². The summed E-state index contributed by atoms with van der Waals surface area (Å²) in [7, 11) is -4.42. The Bertz CT molecular complexity index is 1640. The van der Waals surface area contributed by atoms with Gasteiger partial charge in [-0.15, -0.1) is 11.8 Å². The van der Waals surface area contributed by atoms with Crippen LogP contribution in [-0.2, 0) is 14.8 Å². The molecule has 232 valence electrons. The monoisotopic (exact) mass is 638 g/mol. The van der Waals surface area contributed by atoms with Crippen LogP contribution in [0, 0.1) is 10.1 Å². The van der Waals surface area contributed by atoms with Crippen molar-refractivity contribution in [2.24, 2.45) is 0 Å². The van der Waals surface area contributed by atoms with Crippen LogP contribution in [0.5, 0.6) is 0 Å². The number of nitro benzene ring substituents is 1. The van der Waals surface area contributed by atoms with E-state index in [1.54, 1.807) is 49.6 Å². The Morgan fingerprint density at radius 1 is 1.05 bits per heavy atom. The Morgan fingerprint density at radius 3 is 2.41 bits per heavy atom. The fraction of sp³-hybridized carbons (Fsp3) is 0.290. The quantitative estimate of drug-likeness (QED) is 0.0876. The summed E-state index contributed by atoms with van der Waals surface area (Å²) in [5.41, 5.74) is -0.0977. The molecule has 1 unspecified atom stereocenters. The minimum atomic E-state index is -4.42. The SMILES string of the molecule is CC(C)(C)OC(=O)N1CC=CCC1c1ccc(C(=O)NS(=O)(=O)c2ccc(NCCSc3ccccc3)c([N+](=O)[O-])c2)cc1. The predicted octanol–water partition coefficient (Wildman–Crippen LogP) is 6.16. The summed E-state index contributed by atoms with van der Waals surface area (Å²) in [5, 5.41) is 14.7. The van der Waals surface area contributed by atoms with Gasteiger partial charge in [0.15, 0.2) is 0 Å². The second kappa shape index (κ2) is 14.0. The second-order valence-corrected chi connectivity index (χ2v) is 13.8. The summed E-state index contributed by atoms with van der Waals surface area (Å²) >= 11 is 1.58. The van der Waals surface area contributed by atoms with Crippen LogP contribution in [-0.4, -0.2) is 54.7 Å². The van der Waals surface area contributed by atoms with E-state index < -0.39 is 43.1 Å². The van der Waals surface area contributed by atoms with Crippen molar-refractivity contribution in [2.75, 3.05) is 24.2 Å². The number of nitrogens with zero attached hydrogens (tertiary/aromatic N) is 2. The maximum atomic E-state index is 13.0. The molecule has 13 heteroatoms. The summed E-state index contributed by atoms with van der Waals surface area (Å²) in [6, 6.07) is 19.1. The zero-order valence-corrected chi connectivity index (χ0v) is 26.2. The number of hydrogen-bond acceptors (Lipinski definition) is 9. The van der Waals surface area contributed by atoms with E-state index in [1.165, 1.54) is 24.3 Å². The summed E-state index contributed by atoms with van der Waals surface area (Å²) in [4.78, 5) is 39.0. The molecule has 0 saturated carbocycles. The number of nitrogens with one attached hydrogen (secondary N) is 2. The van der Waals surface area contributed by atoms with Crippen LogP contribution in [0.2, 0.25) is 0 Å². The van der Waals surface area contributed by atoms with Gasteiger partial charge >= 0.3 is 6.09 Å². The van der Waals surface area contributed by atoms with Crippen LogP contribution in [0.3, 0.4) is 0 Å². The molecule has 0 aliphatic carbocycles. The third kappa shape index (κ3) is 8.60. The lowest BCUT2D eigenvalue weighted by Crippen LogP contribution is -2.40. The van der Waals surface area contributed by atoms with Gasteiger partial charge in [-0.3, -0.25) is 19.8 Å². The molecule has 3 aromatic carbocycles. The van der Waals surface area contributed by atoms with Gasteiger partial charge in [0.2, 0.25) is 0 Å². The fourth-order valence-corrected chi connectivity index (χ4v) is 6.24. The molecule has 0 fully saturated rings. The van der Waals surface area contributed by atoms with E-state index in [9.17, 15) is 28.1 Å². The summed E-state index contributed by atoms with van der Waals surface area (Å²) in [6.45, 7) is 6.15. The van der Waals surface area contributed by atoms with Crippen LogP contribution in [0.15, 0.2) is 94.7 Å². The first kappa shape index (κ1) is 32.6. The second-order valence-electron chi connectivity index (χ2n) is 10.9. The number of sulfonamides is 1. The van der Waals surface area contributed by atoms with Crippen molar-refractivity contribution in [2.45, 2.75) is 48.6 Å². The molecule has 1 heterocycles. The highest BCUT2D eigenvalue weighted by molar-refractivity contribution is 7.99. The molecule has 0 radical (unpaired) electrons. The average molecular weight is 639 g/mol. The Balaban J connectivity index is 1.42. The van der Waals surface area contributed by atoms with Crippen LogP contribution < -0.4 is 10.0 Å². The average Bonchev–Trinajstić information content (AvgIpc) is 2.98. The number of anilines is 1. The number of carbonyl (C=O) groups is 2. The molecule has 2 N–H and O–H groups in total. The fourth-order valence-electron chi connectivity index (χ4n) is 4.45.